The van der Waals surface area contributed by atoms with Gasteiger partial charge in [0.1, 0.15) is 5.82 Å². The lowest BCUT2D eigenvalue weighted by Crippen LogP contribution is -2.12. The number of hydrogen-bond donors (Lipinski definition) is 0. The van der Waals surface area contributed by atoms with E-state index in [-0.39, 0.29) is 0 Å². The minimum absolute atomic E-state index is 0.672. The summed E-state index contributed by atoms with van der Waals surface area (Å²) in [5.74, 6) is 1.19. The van der Waals surface area contributed by atoms with Crippen molar-refractivity contribution >= 4 is 0 Å². The van der Waals surface area contributed by atoms with Crippen LogP contribution in [-0.2, 0) is 0 Å². The van der Waals surface area contributed by atoms with Crippen molar-refractivity contribution in [3.05, 3.63) is 17.7 Å². The summed E-state index contributed by atoms with van der Waals surface area (Å²) < 4.78 is 2.48. The molecule has 116 valence electrons. The van der Waals surface area contributed by atoms with Crippen LogP contribution in [0, 0.1) is 13.8 Å². The zero-order valence-electron chi connectivity index (χ0n) is 14.1. The van der Waals surface area contributed by atoms with Crippen LogP contribution in [0.4, 0.5) is 0 Å². The molecule has 0 N–H and O–H groups in total. The van der Waals surface area contributed by atoms with Gasteiger partial charge in [0.25, 0.3) is 0 Å². The molecule has 1 unspecified atom stereocenters. The zero-order valence-corrected chi connectivity index (χ0v) is 14.1. The predicted octanol–water partition coefficient (Wildman–Crippen LogP) is 5.98. The first-order valence-electron chi connectivity index (χ1n) is 8.71. The third-order valence-corrected chi connectivity index (χ3v) is 4.31. The summed E-state index contributed by atoms with van der Waals surface area (Å²) in [5.41, 5.74) is 1.33. The molecule has 0 fully saturated rings. The van der Waals surface area contributed by atoms with Crippen LogP contribution in [0.5, 0.6) is 0 Å². The quantitative estimate of drug-likeness (QED) is 0.455. The number of hydrogen-bond acceptors (Lipinski definition) is 1. The molecule has 0 aromatic carbocycles. The summed E-state index contributed by atoms with van der Waals surface area (Å²) in [5, 5.41) is 0. The highest BCUT2D eigenvalue weighted by Crippen LogP contribution is 2.26. The molecule has 0 aliphatic carbocycles. The molecular formula is C18H34N2. The molecule has 2 nitrogen and oxygen atoms in total. The Morgan fingerprint density at radius 3 is 2.00 bits per heavy atom. The molecular weight excluding hydrogens is 244 g/mol. The maximum atomic E-state index is 4.49. The predicted molar refractivity (Wildman–Crippen MR) is 88.3 cm³/mol. The fourth-order valence-corrected chi connectivity index (χ4v) is 3.13. The van der Waals surface area contributed by atoms with Crippen molar-refractivity contribution < 1.29 is 0 Å². The molecule has 0 spiro atoms. The Hall–Kier alpha value is -0.790. The number of imidazole rings is 1. The van der Waals surface area contributed by atoms with Crippen LogP contribution in [0.3, 0.4) is 0 Å². The second-order valence-corrected chi connectivity index (χ2v) is 6.17. The van der Waals surface area contributed by atoms with Gasteiger partial charge in [0.2, 0.25) is 0 Å². The Labute approximate surface area is 126 Å². The Morgan fingerprint density at radius 2 is 1.45 bits per heavy atom. The summed E-state index contributed by atoms with van der Waals surface area (Å²) in [4.78, 5) is 4.49. The Kier molecular flexibility index (Phi) is 8.64. The standard InChI is InChI=1S/C18H34N2/c1-5-7-9-10-12-14-18(13-11-8-6-2)20-16(3)15-19-17(20)4/h15,18H,5-14H2,1-4H3. The maximum absolute atomic E-state index is 4.49. The highest BCUT2D eigenvalue weighted by Gasteiger charge is 2.14. The van der Waals surface area contributed by atoms with Gasteiger partial charge >= 0.3 is 0 Å². The molecule has 0 bridgehead atoms. The molecule has 0 radical (unpaired) electrons. The number of unbranched alkanes of at least 4 members (excludes halogenated alkanes) is 6. The van der Waals surface area contributed by atoms with E-state index in [0.717, 1.165) is 0 Å². The van der Waals surface area contributed by atoms with Crippen molar-refractivity contribution in [1.82, 2.24) is 9.55 Å². The second kappa shape index (κ2) is 10.0. The van der Waals surface area contributed by atoms with Gasteiger partial charge in [-0.3, -0.25) is 0 Å². The van der Waals surface area contributed by atoms with Gasteiger partial charge < -0.3 is 4.57 Å². The van der Waals surface area contributed by atoms with E-state index >= 15 is 0 Å². The lowest BCUT2D eigenvalue weighted by Gasteiger charge is -2.22. The number of rotatable bonds is 11. The Bertz CT molecular complexity index is 335. The molecule has 1 atom stereocenters. The van der Waals surface area contributed by atoms with E-state index < -0.39 is 0 Å². The molecule has 0 amide bonds. The number of nitrogens with zero attached hydrogens (tertiary/aromatic N) is 2. The van der Waals surface area contributed by atoms with Crippen molar-refractivity contribution in [3.63, 3.8) is 0 Å². The molecule has 1 aromatic rings. The highest BCUT2D eigenvalue weighted by atomic mass is 15.1. The van der Waals surface area contributed by atoms with E-state index in [0.29, 0.717) is 6.04 Å². The third-order valence-electron chi connectivity index (χ3n) is 4.31. The number of aryl methyl sites for hydroxylation is 2. The van der Waals surface area contributed by atoms with Crippen LogP contribution in [0.15, 0.2) is 6.20 Å². The van der Waals surface area contributed by atoms with E-state index in [1.807, 2.05) is 6.20 Å². The normalized spacial score (nSPS) is 12.8. The minimum atomic E-state index is 0.672. The topological polar surface area (TPSA) is 17.8 Å². The van der Waals surface area contributed by atoms with Crippen LogP contribution < -0.4 is 0 Å². The lowest BCUT2D eigenvalue weighted by atomic mass is 10.0. The van der Waals surface area contributed by atoms with Crippen molar-refractivity contribution in [3.8, 4) is 0 Å². The van der Waals surface area contributed by atoms with Gasteiger partial charge in [-0.05, 0) is 26.7 Å². The van der Waals surface area contributed by atoms with Gasteiger partial charge in [0, 0.05) is 17.9 Å². The Balaban J connectivity index is 2.52. The van der Waals surface area contributed by atoms with Crippen molar-refractivity contribution in [2.45, 2.75) is 97.9 Å². The van der Waals surface area contributed by atoms with Crippen LogP contribution in [0.1, 0.15) is 95.6 Å². The fourth-order valence-electron chi connectivity index (χ4n) is 3.13. The maximum Gasteiger partial charge on any atom is 0.105 e. The van der Waals surface area contributed by atoms with Gasteiger partial charge in [-0.1, -0.05) is 65.2 Å². The van der Waals surface area contributed by atoms with Gasteiger partial charge in [-0.2, -0.15) is 0 Å². The van der Waals surface area contributed by atoms with Crippen LogP contribution in [-0.4, -0.2) is 9.55 Å². The molecule has 1 aromatic heterocycles. The van der Waals surface area contributed by atoms with Gasteiger partial charge in [-0.25, -0.2) is 4.98 Å². The van der Waals surface area contributed by atoms with Gasteiger partial charge in [0.15, 0.2) is 0 Å². The molecule has 0 saturated carbocycles. The third kappa shape index (κ3) is 5.68. The van der Waals surface area contributed by atoms with E-state index in [1.54, 1.807) is 0 Å². The summed E-state index contributed by atoms with van der Waals surface area (Å²) >= 11 is 0. The summed E-state index contributed by atoms with van der Waals surface area (Å²) in [7, 11) is 0. The summed E-state index contributed by atoms with van der Waals surface area (Å²) in [6.07, 6.45) is 15.6. The fraction of sp³-hybridized carbons (Fsp3) is 0.833. The van der Waals surface area contributed by atoms with Crippen molar-refractivity contribution in [2.75, 3.05) is 0 Å². The molecule has 20 heavy (non-hydrogen) atoms. The lowest BCUT2D eigenvalue weighted by molar-refractivity contribution is 0.386. The highest BCUT2D eigenvalue weighted by molar-refractivity contribution is 5.04. The molecule has 1 rings (SSSR count). The smallest absolute Gasteiger partial charge is 0.105 e. The zero-order chi connectivity index (χ0) is 14.8. The molecule has 0 aliphatic rings. The number of aromatic nitrogens is 2. The van der Waals surface area contributed by atoms with E-state index in [1.165, 1.54) is 75.7 Å². The van der Waals surface area contributed by atoms with Gasteiger partial charge in [0.05, 0.1) is 0 Å². The van der Waals surface area contributed by atoms with Crippen LogP contribution in [0.2, 0.25) is 0 Å². The summed E-state index contributed by atoms with van der Waals surface area (Å²) in [6.45, 7) is 8.92. The van der Waals surface area contributed by atoms with Crippen LogP contribution in [0.25, 0.3) is 0 Å². The Morgan fingerprint density at radius 1 is 0.900 bits per heavy atom. The second-order valence-electron chi connectivity index (χ2n) is 6.17. The molecule has 1 heterocycles. The van der Waals surface area contributed by atoms with E-state index in [4.69, 9.17) is 0 Å². The first kappa shape index (κ1) is 17.3. The average Bonchev–Trinajstić information content (AvgIpc) is 2.76. The minimum Gasteiger partial charge on any atom is -0.330 e. The van der Waals surface area contributed by atoms with E-state index in [2.05, 4.69) is 37.2 Å². The average molecular weight is 278 g/mol. The molecule has 2 heteroatoms. The van der Waals surface area contributed by atoms with Crippen molar-refractivity contribution in [2.24, 2.45) is 0 Å². The SMILES string of the molecule is CCCCCCCC(CCCCC)n1c(C)cnc1C. The van der Waals surface area contributed by atoms with Gasteiger partial charge in [-0.15, -0.1) is 0 Å². The van der Waals surface area contributed by atoms with Crippen LogP contribution >= 0.6 is 0 Å². The first-order valence-corrected chi connectivity index (χ1v) is 8.71. The summed E-state index contributed by atoms with van der Waals surface area (Å²) in [6, 6.07) is 0.672. The molecule has 0 aliphatic heterocycles. The first-order chi connectivity index (χ1) is 9.70. The monoisotopic (exact) mass is 278 g/mol. The van der Waals surface area contributed by atoms with Crippen molar-refractivity contribution in [1.29, 1.82) is 0 Å². The largest absolute Gasteiger partial charge is 0.330 e. The van der Waals surface area contributed by atoms with E-state index in [9.17, 15) is 0 Å². The molecule has 0 saturated heterocycles.